The molecule has 0 unspecified atom stereocenters. The highest BCUT2D eigenvalue weighted by Gasteiger charge is 2.21. The van der Waals surface area contributed by atoms with Crippen LogP contribution in [0.4, 0.5) is 5.69 Å². The Morgan fingerprint density at radius 3 is 2.75 bits per heavy atom. The summed E-state index contributed by atoms with van der Waals surface area (Å²) in [5.74, 6) is -0.248. The van der Waals surface area contributed by atoms with Crippen molar-refractivity contribution in [3.63, 3.8) is 0 Å². The van der Waals surface area contributed by atoms with E-state index >= 15 is 0 Å². The lowest BCUT2D eigenvalue weighted by Crippen LogP contribution is -2.19. The van der Waals surface area contributed by atoms with Crippen molar-refractivity contribution < 1.29 is 4.79 Å². The molecule has 1 aromatic heterocycles. The molecule has 2 aromatic rings. The van der Waals surface area contributed by atoms with Crippen LogP contribution in [-0.2, 0) is 4.79 Å². The number of hydrogen-bond acceptors (Lipinski definition) is 3. The standard InChI is InChI=1S/C15H19N3OS/c1-9(14-10(2)17-18-11(14)3)15(19)16-12-6-5-7-13(8-12)20-4/h5-9H,1-4H3,(H,16,19)(H,17,18)/t9-/m0/s1. The number of aryl methyl sites for hydroxylation is 2. The number of aromatic amines is 1. The molecule has 0 saturated carbocycles. The van der Waals surface area contributed by atoms with Crippen LogP contribution in [0.2, 0.25) is 0 Å². The Morgan fingerprint density at radius 2 is 2.15 bits per heavy atom. The number of thioether (sulfide) groups is 1. The summed E-state index contributed by atoms with van der Waals surface area (Å²) in [4.78, 5) is 13.5. The molecule has 1 heterocycles. The van der Waals surface area contributed by atoms with E-state index < -0.39 is 0 Å². The summed E-state index contributed by atoms with van der Waals surface area (Å²) in [6, 6.07) is 7.85. The molecule has 4 nitrogen and oxygen atoms in total. The SMILES string of the molecule is CSc1cccc(NC(=O)[C@@H](C)c2c(C)n[nH]c2C)c1. The average Bonchev–Trinajstić information content (AvgIpc) is 2.77. The molecule has 0 bridgehead atoms. The molecule has 0 aliphatic carbocycles. The smallest absolute Gasteiger partial charge is 0.231 e. The van der Waals surface area contributed by atoms with Crippen LogP contribution in [0.3, 0.4) is 0 Å². The molecular weight excluding hydrogens is 270 g/mol. The van der Waals surface area contributed by atoms with Crippen LogP contribution >= 0.6 is 11.8 Å². The first kappa shape index (κ1) is 14.7. The summed E-state index contributed by atoms with van der Waals surface area (Å²) in [5.41, 5.74) is 3.63. The third-order valence-corrected chi connectivity index (χ3v) is 4.07. The second kappa shape index (κ2) is 6.13. The van der Waals surface area contributed by atoms with E-state index in [0.717, 1.165) is 27.5 Å². The van der Waals surface area contributed by atoms with Crippen LogP contribution in [-0.4, -0.2) is 22.4 Å². The number of anilines is 1. The minimum atomic E-state index is -0.230. The first-order chi connectivity index (χ1) is 9.52. The number of nitrogens with one attached hydrogen (secondary N) is 2. The number of aromatic nitrogens is 2. The predicted molar refractivity (Wildman–Crippen MR) is 83.3 cm³/mol. The molecule has 0 radical (unpaired) electrons. The molecule has 106 valence electrons. The number of carbonyl (C=O) groups excluding carboxylic acids is 1. The number of nitrogens with zero attached hydrogens (tertiary/aromatic N) is 1. The van der Waals surface area contributed by atoms with Gasteiger partial charge < -0.3 is 5.32 Å². The molecule has 2 N–H and O–H groups in total. The summed E-state index contributed by atoms with van der Waals surface area (Å²) in [5, 5.41) is 10.0. The second-order valence-corrected chi connectivity index (χ2v) is 5.67. The van der Waals surface area contributed by atoms with Crippen LogP contribution in [0.5, 0.6) is 0 Å². The largest absolute Gasteiger partial charge is 0.326 e. The quantitative estimate of drug-likeness (QED) is 0.847. The maximum Gasteiger partial charge on any atom is 0.231 e. The van der Waals surface area contributed by atoms with Gasteiger partial charge >= 0.3 is 0 Å². The molecular formula is C15H19N3OS. The van der Waals surface area contributed by atoms with E-state index in [1.54, 1.807) is 11.8 Å². The van der Waals surface area contributed by atoms with Crippen molar-refractivity contribution in [2.24, 2.45) is 0 Å². The topological polar surface area (TPSA) is 57.8 Å². The van der Waals surface area contributed by atoms with Gasteiger partial charge in [-0.15, -0.1) is 11.8 Å². The molecule has 0 saturated heterocycles. The van der Waals surface area contributed by atoms with Gasteiger partial charge in [0.15, 0.2) is 0 Å². The van der Waals surface area contributed by atoms with Crippen LogP contribution in [0.25, 0.3) is 0 Å². The van der Waals surface area contributed by atoms with Crippen molar-refractivity contribution in [1.29, 1.82) is 0 Å². The summed E-state index contributed by atoms with van der Waals surface area (Å²) >= 11 is 1.65. The fourth-order valence-electron chi connectivity index (χ4n) is 2.28. The van der Waals surface area contributed by atoms with Gasteiger partial charge in [-0.25, -0.2) is 0 Å². The van der Waals surface area contributed by atoms with Crippen molar-refractivity contribution in [2.45, 2.75) is 31.6 Å². The summed E-state index contributed by atoms with van der Waals surface area (Å²) in [6.45, 7) is 5.75. The molecule has 2 rings (SSSR count). The Hall–Kier alpha value is -1.75. The third kappa shape index (κ3) is 3.04. The first-order valence-corrected chi connectivity index (χ1v) is 7.71. The van der Waals surface area contributed by atoms with Gasteiger partial charge in [-0.2, -0.15) is 5.10 Å². The molecule has 0 fully saturated rings. The lowest BCUT2D eigenvalue weighted by molar-refractivity contribution is -0.117. The molecule has 0 aliphatic heterocycles. The fourth-order valence-corrected chi connectivity index (χ4v) is 2.74. The Morgan fingerprint density at radius 1 is 1.40 bits per heavy atom. The van der Waals surface area contributed by atoms with Gasteiger partial charge in [0.25, 0.3) is 0 Å². The number of carbonyl (C=O) groups is 1. The zero-order chi connectivity index (χ0) is 14.7. The van der Waals surface area contributed by atoms with Gasteiger partial charge in [-0.05, 0) is 45.2 Å². The summed E-state index contributed by atoms with van der Waals surface area (Å²) < 4.78 is 0. The lowest BCUT2D eigenvalue weighted by atomic mass is 9.98. The van der Waals surface area contributed by atoms with Crippen molar-refractivity contribution >= 4 is 23.4 Å². The van der Waals surface area contributed by atoms with Gasteiger partial charge in [-0.1, -0.05) is 6.07 Å². The van der Waals surface area contributed by atoms with E-state index in [0.29, 0.717) is 0 Å². The predicted octanol–water partition coefficient (Wildman–Crippen LogP) is 3.49. The molecule has 1 atom stereocenters. The van der Waals surface area contributed by atoms with Crippen molar-refractivity contribution in [1.82, 2.24) is 10.2 Å². The molecule has 5 heteroatoms. The normalized spacial score (nSPS) is 12.2. The van der Waals surface area contributed by atoms with Crippen molar-refractivity contribution in [3.8, 4) is 0 Å². The Bertz CT molecular complexity index is 602. The number of benzene rings is 1. The zero-order valence-corrected chi connectivity index (χ0v) is 13.0. The number of hydrogen-bond donors (Lipinski definition) is 2. The maximum absolute atomic E-state index is 12.4. The third-order valence-electron chi connectivity index (χ3n) is 3.35. The van der Waals surface area contributed by atoms with E-state index in [1.165, 1.54) is 0 Å². The Balaban J connectivity index is 2.15. The fraction of sp³-hybridized carbons (Fsp3) is 0.333. The molecule has 1 aromatic carbocycles. The van der Waals surface area contributed by atoms with E-state index in [4.69, 9.17) is 0 Å². The molecule has 20 heavy (non-hydrogen) atoms. The highest BCUT2D eigenvalue weighted by atomic mass is 32.2. The number of amides is 1. The van der Waals surface area contributed by atoms with Crippen LogP contribution < -0.4 is 5.32 Å². The van der Waals surface area contributed by atoms with Crippen LogP contribution in [0.15, 0.2) is 29.2 Å². The van der Waals surface area contributed by atoms with Gasteiger partial charge in [0.2, 0.25) is 5.91 Å². The van der Waals surface area contributed by atoms with E-state index in [1.807, 2.05) is 51.3 Å². The van der Waals surface area contributed by atoms with Crippen molar-refractivity contribution in [3.05, 3.63) is 41.2 Å². The van der Waals surface area contributed by atoms with Gasteiger partial charge in [0, 0.05) is 21.8 Å². The first-order valence-electron chi connectivity index (χ1n) is 6.49. The molecule has 0 spiro atoms. The number of rotatable bonds is 4. The zero-order valence-electron chi connectivity index (χ0n) is 12.2. The minimum Gasteiger partial charge on any atom is -0.326 e. The Kier molecular flexibility index (Phi) is 4.49. The van der Waals surface area contributed by atoms with E-state index in [2.05, 4.69) is 15.5 Å². The lowest BCUT2D eigenvalue weighted by Gasteiger charge is -2.13. The van der Waals surface area contributed by atoms with Crippen LogP contribution in [0.1, 0.15) is 29.8 Å². The molecule has 0 aliphatic rings. The summed E-state index contributed by atoms with van der Waals surface area (Å²) in [7, 11) is 0. The average molecular weight is 289 g/mol. The van der Waals surface area contributed by atoms with E-state index in [9.17, 15) is 4.79 Å². The monoisotopic (exact) mass is 289 g/mol. The number of H-pyrrole nitrogens is 1. The van der Waals surface area contributed by atoms with Gasteiger partial charge in [0.05, 0.1) is 11.6 Å². The summed E-state index contributed by atoms with van der Waals surface area (Å²) in [6.07, 6.45) is 2.02. The Labute approximate surface area is 123 Å². The highest BCUT2D eigenvalue weighted by Crippen LogP contribution is 2.24. The van der Waals surface area contributed by atoms with Crippen molar-refractivity contribution in [2.75, 3.05) is 11.6 Å². The van der Waals surface area contributed by atoms with E-state index in [-0.39, 0.29) is 11.8 Å². The van der Waals surface area contributed by atoms with Gasteiger partial charge in [0.1, 0.15) is 0 Å². The second-order valence-electron chi connectivity index (χ2n) is 4.79. The van der Waals surface area contributed by atoms with Gasteiger partial charge in [-0.3, -0.25) is 9.89 Å². The highest BCUT2D eigenvalue weighted by molar-refractivity contribution is 7.98. The maximum atomic E-state index is 12.4. The minimum absolute atomic E-state index is 0.0177. The van der Waals surface area contributed by atoms with Crippen LogP contribution in [0, 0.1) is 13.8 Å². The molecule has 1 amide bonds.